The molecule has 0 radical (unpaired) electrons. The molecule has 26 heavy (non-hydrogen) atoms. The van der Waals surface area contributed by atoms with E-state index in [1.54, 1.807) is 4.90 Å². The van der Waals surface area contributed by atoms with Crippen molar-refractivity contribution in [3.63, 3.8) is 0 Å². The van der Waals surface area contributed by atoms with Crippen LogP contribution in [0.25, 0.3) is 10.2 Å². The van der Waals surface area contributed by atoms with Crippen molar-refractivity contribution in [3.05, 3.63) is 22.2 Å². The quantitative estimate of drug-likeness (QED) is 0.833. The first kappa shape index (κ1) is 18.6. The first-order valence-electron chi connectivity index (χ1n) is 8.87. The van der Waals surface area contributed by atoms with E-state index in [0.717, 1.165) is 27.9 Å². The Balaban J connectivity index is 1.70. The first-order chi connectivity index (χ1) is 12.3. The van der Waals surface area contributed by atoms with E-state index in [1.165, 1.54) is 11.3 Å². The summed E-state index contributed by atoms with van der Waals surface area (Å²) in [5.74, 6) is 0.221. The number of aromatic nitrogens is 1. The van der Waals surface area contributed by atoms with Crippen molar-refractivity contribution in [2.24, 2.45) is 11.8 Å². The number of likely N-dealkylation sites (tertiary alicyclic amines) is 1. The Morgan fingerprint density at radius 3 is 2.62 bits per heavy atom. The van der Waals surface area contributed by atoms with Crippen LogP contribution in [0.15, 0.2) is 6.07 Å². The molecule has 0 saturated carbocycles. The van der Waals surface area contributed by atoms with Gasteiger partial charge >= 0.3 is 5.97 Å². The number of amides is 1. The van der Waals surface area contributed by atoms with Gasteiger partial charge in [0.1, 0.15) is 9.71 Å². The maximum atomic E-state index is 12.5. The van der Waals surface area contributed by atoms with Crippen LogP contribution in [-0.4, -0.2) is 41.5 Å². The van der Waals surface area contributed by atoms with Gasteiger partial charge < -0.3 is 15.4 Å². The molecule has 1 fully saturated rings. The SMILES string of the molecule is Cc1cc(C)c2c(N)c(C(=O)OCC(=O)N3CC(C)CC(C)C3)sc2n1. The van der Waals surface area contributed by atoms with Gasteiger partial charge in [0.2, 0.25) is 0 Å². The molecule has 2 aromatic heterocycles. The number of thiophene rings is 1. The lowest BCUT2D eigenvalue weighted by atomic mass is 9.92. The molecule has 0 aliphatic carbocycles. The number of anilines is 1. The lowest BCUT2D eigenvalue weighted by Crippen LogP contribution is -2.44. The highest BCUT2D eigenvalue weighted by atomic mass is 32.1. The Hall–Kier alpha value is -2.15. The molecule has 2 atom stereocenters. The van der Waals surface area contributed by atoms with E-state index in [0.29, 0.717) is 35.5 Å². The highest BCUT2D eigenvalue weighted by molar-refractivity contribution is 7.21. The van der Waals surface area contributed by atoms with Gasteiger partial charge in [0.05, 0.1) is 5.69 Å². The second kappa shape index (κ2) is 7.23. The summed E-state index contributed by atoms with van der Waals surface area (Å²) in [5.41, 5.74) is 8.39. The second-order valence-corrected chi connectivity index (χ2v) is 8.43. The number of ether oxygens (including phenoxy) is 1. The number of carbonyl (C=O) groups excluding carboxylic acids is 2. The summed E-state index contributed by atoms with van der Waals surface area (Å²) in [6, 6.07) is 1.93. The monoisotopic (exact) mass is 375 g/mol. The standard InChI is InChI=1S/C19H25N3O3S/c1-10-5-11(2)8-22(7-10)14(23)9-25-19(24)17-16(20)15-12(3)6-13(4)21-18(15)26-17/h6,10-11H,5,7-9,20H2,1-4H3. The molecule has 3 heterocycles. The average molecular weight is 375 g/mol. The van der Waals surface area contributed by atoms with Crippen molar-refractivity contribution in [2.45, 2.75) is 34.1 Å². The van der Waals surface area contributed by atoms with Gasteiger partial charge in [-0.2, -0.15) is 0 Å². The predicted octanol–water partition coefficient (Wildman–Crippen LogP) is 3.16. The Kier molecular flexibility index (Phi) is 5.18. The minimum Gasteiger partial charge on any atom is -0.451 e. The number of aryl methyl sites for hydroxylation is 2. The number of esters is 1. The fourth-order valence-corrected chi connectivity index (χ4v) is 4.88. The third-order valence-electron chi connectivity index (χ3n) is 4.76. The average Bonchev–Trinajstić information content (AvgIpc) is 2.88. The van der Waals surface area contributed by atoms with Gasteiger partial charge in [-0.1, -0.05) is 13.8 Å². The second-order valence-electron chi connectivity index (χ2n) is 7.43. The molecule has 0 spiro atoms. The van der Waals surface area contributed by atoms with Crippen LogP contribution in [0.4, 0.5) is 5.69 Å². The van der Waals surface area contributed by atoms with Crippen LogP contribution < -0.4 is 5.73 Å². The van der Waals surface area contributed by atoms with Crippen LogP contribution in [0.1, 0.15) is 41.2 Å². The first-order valence-corrected chi connectivity index (χ1v) is 9.69. The molecule has 1 aliphatic heterocycles. The normalized spacial score (nSPS) is 20.4. The minimum absolute atomic E-state index is 0.151. The Morgan fingerprint density at radius 1 is 1.31 bits per heavy atom. The van der Waals surface area contributed by atoms with E-state index >= 15 is 0 Å². The summed E-state index contributed by atoms with van der Waals surface area (Å²) in [6.07, 6.45) is 1.12. The van der Waals surface area contributed by atoms with Crippen LogP contribution in [0.2, 0.25) is 0 Å². The minimum atomic E-state index is -0.561. The number of nitrogens with zero attached hydrogens (tertiary/aromatic N) is 2. The molecule has 0 aromatic carbocycles. The fraction of sp³-hybridized carbons (Fsp3) is 0.526. The maximum Gasteiger partial charge on any atom is 0.351 e. The van der Waals surface area contributed by atoms with E-state index in [4.69, 9.17) is 10.5 Å². The molecule has 1 aliphatic rings. The highest BCUT2D eigenvalue weighted by Gasteiger charge is 2.27. The zero-order chi connectivity index (χ0) is 19.0. The number of piperidine rings is 1. The summed E-state index contributed by atoms with van der Waals surface area (Å²) in [6.45, 7) is 9.30. The van der Waals surface area contributed by atoms with Crippen LogP contribution in [0.3, 0.4) is 0 Å². The smallest absolute Gasteiger partial charge is 0.351 e. The third-order valence-corrected chi connectivity index (χ3v) is 5.84. The maximum absolute atomic E-state index is 12.5. The zero-order valence-corrected chi connectivity index (χ0v) is 16.5. The molecule has 2 unspecified atom stereocenters. The van der Waals surface area contributed by atoms with Gasteiger partial charge in [-0.25, -0.2) is 9.78 Å². The molecular weight excluding hydrogens is 350 g/mol. The lowest BCUT2D eigenvalue weighted by Gasteiger charge is -2.34. The van der Waals surface area contributed by atoms with Crippen LogP contribution in [0.5, 0.6) is 0 Å². The van der Waals surface area contributed by atoms with E-state index in [9.17, 15) is 9.59 Å². The van der Waals surface area contributed by atoms with E-state index in [-0.39, 0.29) is 12.5 Å². The zero-order valence-electron chi connectivity index (χ0n) is 15.7. The molecule has 1 amide bonds. The molecule has 6 nitrogen and oxygen atoms in total. The van der Waals surface area contributed by atoms with Crippen molar-refractivity contribution in [1.82, 2.24) is 9.88 Å². The molecule has 2 N–H and O–H groups in total. The van der Waals surface area contributed by atoms with Gasteiger partial charge in [0.15, 0.2) is 6.61 Å². The Labute approximate surface area is 157 Å². The summed E-state index contributed by atoms with van der Waals surface area (Å²) in [4.78, 5) is 32.1. The van der Waals surface area contributed by atoms with Crippen molar-refractivity contribution >= 4 is 39.1 Å². The van der Waals surface area contributed by atoms with Crippen LogP contribution in [-0.2, 0) is 9.53 Å². The number of hydrogen-bond acceptors (Lipinski definition) is 6. The Bertz CT molecular complexity index is 851. The third kappa shape index (κ3) is 3.67. The number of fused-ring (bicyclic) bond motifs is 1. The van der Waals surface area contributed by atoms with E-state index in [1.807, 2.05) is 19.9 Å². The predicted molar refractivity (Wildman–Crippen MR) is 103 cm³/mol. The summed E-state index contributed by atoms with van der Waals surface area (Å²) < 4.78 is 5.27. The molecule has 3 rings (SSSR count). The van der Waals surface area contributed by atoms with Crippen molar-refractivity contribution in [3.8, 4) is 0 Å². The van der Waals surface area contributed by atoms with Crippen molar-refractivity contribution in [2.75, 3.05) is 25.4 Å². The lowest BCUT2D eigenvalue weighted by molar-refractivity contribution is -0.137. The molecule has 0 bridgehead atoms. The number of hydrogen-bond donors (Lipinski definition) is 1. The molecule has 7 heteroatoms. The van der Waals surface area contributed by atoms with E-state index in [2.05, 4.69) is 18.8 Å². The number of pyridine rings is 1. The largest absolute Gasteiger partial charge is 0.451 e. The van der Waals surface area contributed by atoms with E-state index < -0.39 is 5.97 Å². The summed E-state index contributed by atoms with van der Waals surface area (Å²) in [5, 5.41) is 0.789. The molecular formula is C19H25N3O3S. The number of nitrogen functional groups attached to an aromatic ring is 1. The number of nitrogens with two attached hydrogens (primary N) is 1. The highest BCUT2D eigenvalue weighted by Crippen LogP contribution is 2.35. The van der Waals surface area contributed by atoms with Gasteiger partial charge in [0, 0.05) is 24.2 Å². The van der Waals surface area contributed by atoms with Gasteiger partial charge in [-0.3, -0.25) is 4.79 Å². The fourth-order valence-electron chi connectivity index (χ4n) is 3.77. The van der Waals surface area contributed by atoms with Gasteiger partial charge in [-0.15, -0.1) is 11.3 Å². The van der Waals surface area contributed by atoms with Crippen molar-refractivity contribution in [1.29, 1.82) is 0 Å². The van der Waals surface area contributed by atoms with Gasteiger partial charge in [0.25, 0.3) is 5.91 Å². The molecule has 2 aromatic rings. The Morgan fingerprint density at radius 2 is 1.96 bits per heavy atom. The molecule has 1 saturated heterocycles. The number of carbonyl (C=O) groups is 2. The van der Waals surface area contributed by atoms with Gasteiger partial charge in [-0.05, 0) is 43.7 Å². The van der Waals surface area contributed by atoms with Crippen molar-refractivity contribution < 1.29 is 14.3 Å². The summed E-state index contributed by atoms with van der Waals surface area (Å²) >= 11 is 1.21. The number of rotatable bonds is 3. The molecule has 140 valence electrons. The van der Waals surface area contributed by atoms with Crippen LogP contribution >= 0.6 is 11.3 Å². The van der Waals surface area contributed by atoms with Crippen LogP contribution in [0, 0.1) is 25.7 Å². The topological polar surface area (TPSA) is 85.5 Å². The summed E-state index contributed by atoms with van der Waals surface area (Å²) in [7, 11) is 0.